The summed E-state index contributed by atoms with van der Waals surface area (Å²) in [6.45, 7) is 3.33. The first-order valence-corrected chi connectivity index (χ1v) is 7.41. The van der Waals surface area contributed by atoms with Crippen LogP contribution in [0.25, 0.3) is 0 Å². The van der Waals surface area contributed by atoms with Gasteiger partial charge in [0.1, 0.15) is 5.82 Å². The summed E-state index contributed by atoms with van der Waals surface area (Å²) in [5.41, 5.74) is 0. The molecule has 1 aromatic rings. The first-order chi connectivity index (χ1) is 10.4. The maximum absolute atomic E-state index is 13.2. The van der Waals surface area contributed by atoms with Crippen LogP contribution < -0.4 is 4.90 Å². The number of nitrogens with zero attached hydrogens (tertiary/aromatic N) is 3. The Hall–Kier alpha value is -1.79. The fraction of sp³-hybridized carbons (Fsp3) is 0.600. The van der Waals surface area contributed by atoms with Crippen molar-refractivity contribution >= 4 is 11.7 Å². The van der Waals surface area contributed by atoms with Crippen molar-refractivity contribution in [1.82, 2.24) is 9.88 Å². The maximum Gasteiger partial charge on any atom is 0.249 e. The second-order valence-corrected chi connectivity index (χ2v) is 6.11. The molecule has 2 heterocycles. The van der Waals surface area contributed by atoms with Crippen LogP contribution in [-0.4, -0.2) is 47.4 Å². The van der Waals surface area contributed by atoms with Gasteiger partial charge < -0.3 is 9.80 Å². The molecule has 3 rings (SSSR count). The molecule has 1 aromatic heterocycles. The standard InChI is InChI=1S/C15H18F3N3O/c1-10-9-20(14(22)11-7-15(17,18)8-11)5-6-21(10)13-4-2-3-12(16)19-13/h2-4,10-11H,5-9H2,1H3. The number of alkyl halides is 2. The summed E-state index contributed by atoms with van der Waals surface area (Å²) in [4.78, 5) is 19.6. The van der Waals surface area contributed by atoms with Crippen molar-refractivity contribution < 1.29 is 18.0 Å². The molecular weight excluding hydrogens is 295 g/mol. The molecule has 1 saturated heterocycles. The third-order valence-electron chi connectivity index (χ3n) is 4.37. The number of anilines is 1. The normalized spacial score (nSPS) is 25.0. The Kier molecular flexibility index (Phi) is 3.74. The number of hydrogen-bond acceptors (Lipinski definition) is 3. The van der Waals surface area contributed by atoms with Gasteiger partial charge in [-0.15, -0.1) is 0 Å². The van der Waals surface area contributed by atoms with Gasteiger partial charge in [0.15, 0.2) is 0 Å². The smallest absolute Gasteiger partial charge is 0.249 e. The third kappa shape index (κ3) is 2.89. The van der Waals surface area contributed by atoms with Gasteiger partial charge in [-0.2, -0.15) is 4.39 Å². The molecule has 1 unspecified atom stereocenters. The van der Waals surface area contributed by atoms with Gasteiger partial charge in [-0.25, -0.2) is 13.8 Å². The van der Waals surface area contributed by atoms with E-state index in [0.717, 1.165) is 0 Å². The summed E-state index contributed by atoms with van der Waals surface area (Å²) in [5, 5.41) is 0. The molecule has 1 saturated carbocycles. The van der Waals surface area contributed by atoms with E-state index in [-0.39, 0.29) is 24.8 Å². The molecule has 1 aliphatic heterocycles. The molecule has 1 aliphatic carbocycles. The van der Waals surface area contributed by atoms with E-state index in [1.54, 1.807) is 17.0 Å². The van der Waals surface area contributed by atoms with Crippen molar-refractivity contribution in [1.29, 1.82) is 0 Å². The third-order valence-corrected chi connectivity index (χ3v) is 4.37. The SMILES string of the molecule is CC1CN(C(=O)C2CC(F)(F)C2)CCN1c1cccc(F)n1. The van der Waals surface area contributed by atoms with Crippen LogP contribution in [0, 0.1) is 11.9 Å². The van der Waals surface area contributed by atoms with Crippen LogP contribution in [0.15, 0.2) is 18.2 Å². The molecule has 4 nitrogen and oxygen atoms in total. The first kappa shape index (κ1) is 15.1. The summed E-state index contributed by atoms with van der Waals surface area (Å²) in [6.07, 6.45) is -0.683. The highest BCUT2D eigenvalue weighted by molar-refractivity contribution is 5.80. The lowest BCUT2D eigenvalue weighted by Gasteiger charge is -2.43. The monoisotopic (exact) mass is 313 g/mol. The molecule has 2 aliphatic rings. The van der Waals surface area contributed by atoms with Crippen molar-refractivity contribution in [3.8, 4) is 0 Å². The Labute approximate surface area is 126 Å². The van der Waals surface area contributed by atoms with Crippen LogP contribution in [0.2, 0.25) is 0 Å². The second-order valence-electron chi connectivity index (χ2n) is 6.11. The van der Waals surface area contributed by atoms with Crippen LogP contribution in [-0.2, 0) is 4.79 Å². The second kappa shape index (κ2) is 5.44. The predicted octanol–water partition coefficient (Wildman–Crippen LogP) is 2.30. The summed E-state index contributed by atoms with van der Waals surface area (Å²) in [6, 6.07) is 4.57. The molecule has 2 fully saturated rings. The van der Waals surface area contributed by atoms with E-state index in [1.807, 2.05) is 11.8 Å². The van der Waals surface area contributed by atoms with Gasteiger partial charge in [-0.05, 0) is 19.1 Å². The van der Waals surface area contributed by atoms with E-state index in [2.05, 4.69) is 4.98 Å². The summed E-state index contributed by atoms with van der Waals surface area (Å²) in [7, 11) is 0. The van der Waals surface area contributed by atoms with Crippen molar-refractivity contribution in [2.45, 2.75) is 31.7 Å². The van der Waals surface area contributed by atoms with E-state index in [1.165, 1.54) is 6.07 Å². The number of piperazine rings is 1. The number of aromatic nitrogens is 1. The van der Waals surface area contributed by atoms with Crippen LogP contribution in [0.4, 0.5) is 19.0 Å². The van der Waals surface area contributed by atoms with E-state index in [9.17, 15) is 18.0 Å². The quantitative estimate of drug-likeness (QED) is 0.786. The lowest BCUT2D eigenvalue weighted by Crippen LogP contribution is -2.57. The highest BCUT2D eigenvalue weighted by Crippen LogP contribution is 2.43. The number of halogens is 3. The van der Waals surface area contributed by atoms with Gasteiger partial charge in [-0.3, -0.25) is 4.79 Å². The molecule has 1 amide bonds. The van der Waals surface area contributed by atoms with Gasteiger partial charge >= 0.3 is 0 Å². The number of pyridine rings is 1. The molecule has 0 bridgehead atoms. The highest BCUT2D eigenvalue weighted by atomic mass is 19.3. The topological polar surface area (TPSA) is 36.4 Å². The Morgan fingerprint density at radius 3 is 2.64 bits per heavy atom. The Morgan fingerprint density at radius 2 is 2.05 bits per heavy atom. The van der Waals surface area contributed by atoms with Crippen LogP contribution in [0.3, 0.4) is 0 Å². The van der Waals surface area contributed by atoms with Crippen molar-refractivity contribution in [3.63, 3.8) is 0 Å². The number of carbonyl (C=O) groups excluding carboxylic acids is 1. The van der Waals surface area contributed by atoms with Crippen LogP contribution in [0.1, 0.15) is 19.8 Å². The van der Waals surface area contributed by atoms with Gasteiger partial charge in [0.05, 0.1) is 0 Å². The van der Waals surface area contributed by atoms with Crippen LogP contribution >= 0.6 is 0 Å². The van der Waals surface area contributed by atoms with E-state index < -0.39 is 17.8 Å². The predicted molar refractivity (Wildman–Crippen MR) is 75.3 cm³/mol. The molecule has 7 heteroatoms. The number of amides is 1. The Morgan fingerprint density at radius 1 is 1.32 bits per heavy atom. The number of carbonyl (C=O) groups is 1. The maximum atomic E-state index is 13.2. The van der Waals surface area contributed by atoms with Crippen molar-refractivity contribution in [2.75, 3.05) is 24.5 Å². The zero-order chi connectivity index (χ0) is 15.9. The average Bonchev–Trinajstić information content (AvgIpc) is 2.43. The molecule has 1 atom stereocenters. The van der Waals surface area contributed by atoms with Crippen LogP contribution in [0.5, 0.6) is 0 Å². The molecule has 22 heavy (non-hydrogen) atoms. The Bertz CT molecular complexity index is 573. The lowest BCUT2D eigenvalue weighted by atomic mass is 9.80. The molecule has 0 aromatic carbocycles. The minimum absolute atomic E-state index is 0.0346. The fourth-order valence-corrected chi connectivity index (χ4v) is 3.15. The Balaban J connectivity index is 1.62. The zero-order valence-corrected chi connectivity index (χ0v) is 12.3. The summed E-state index contributed by atoms with van der Waals surface area (Å²) >= 11 is 0. The minimum Gasteiger partial charge on any atom is -0.350 e. The molecule has 0 spiro atoms. The van der Waals surface area contributed by atoms with Gasteiger partial charge in [0, 0.05) is 44.4 Å². The summed E-state index contributed by atoms with van der Waals surface area (Å²) < 4.78 is 39.0. The van der Waals surface area contributed by atoms with E-state index >= 15 is 0 Å². The van der Waals surface area contributed by atoms with Gasteiger partial charge in [-0.1, -0.05) is 6.07 Å². The molecule has 0 radical (unpaired) electrons. The molecular formula is C15H18F3N3O. The minimum atomic E-state index is -2.68. The zero-order valence-electron chi connectivity index (χ0n) is 12.3. The van der Waals surface area contributed by atoms with Crippen molar-refractivity contribution in [2.24, 2.45) is 5.92 Å². The van der Waals surface area contributed by atoms with Crippen molar-refractivity contribution in [3.05, 3.63) is 24.1 Å². The highest BCUT2D eigenvalue weighted by Gasteiger charge is 2.50. The fourth-order valence-electron chi connectivity index (χ4n) is 3.15. The summed E-state index contributed by atoms with van der Waals surface area (Å²) in [5.74, 6) is -3.43. The largest absolute Gasteiger partial charge is 0.350 e. The van der Waals surface area contributed by atoms with Gasteiger partial charge in [0.25, 0.3) is 0 Å². The first-order valence-electron chi connectivity index (χ1n) is 7.41. The molecule has 120 valence electrons. The van der Waals surface area contributed by atoms with Gasteiger partial charge in [0.2, 0.25) is 17.8 Å². The molecule has 0 N–H and O–H groups in total. The average molecular weight is 313 g/mol. The lowest BCUT2D eigenvalue weighted by molar-refractivity contribution is -0.160. The number of rotatable bonds is 2. The number of hydrogen-bond donors (Lipinski definition) is 0. The van der Waals surface area contributed by atoms with E-state index in [4.69, 9.17) is 0 Å². The van der Waals surface area contributed by atoms with E-state index in [0.29, 0.717) is 25.5 Å².